The van der Waals surface area contributed by atoms with Crippen LogP contribution in [0.15, 0.2) is 12.3 Å². The van der Waals surface area contributed by atoms with Crippen molar-refractivity contribution in [2.45, 2.75) is 64.1 Å². The summed E-state index contributed by atoms with van der Waals surface area (Å²) in [6.45, 7) is 6.72. The van der Waals surface area contributed by atoms with Gasteiger partial charge in [-0.1, -0.05) is 26.2 Å². The standard InChI is InChI=1S/C16H28N4/c1-2-5-14-12-19(11-9-17-14)13-15-8-10-20(18-15)16-6-3-4-7-16/h8,10,14,16-17H,2-7,9,11-13H2,1H3. The molecule has 2 fully saturated rings. The van der Waals surface area contributed by atoms with Gasteiger partial charge < -0.3 is 5.32 Å². The minimum atomic E-state index is 0.666. The molecule has 1 atom stereocenters. The van der Waals surface area contributed by atoms with Crippen LogP contribution in [0.25, 0.3) is 0 Å². The summed E-state index contributed by atoms with van der Waals surface area (Å²) in [7, 11) is 0. The molecule has 0 bridgehead atoms. The molecule has 0 radical (unpaired) electrons. The van der Waals surface area contributed by atoms with E-state index < -0.39 is 0 Å². The van der Waals surface area contributed by atoms with Crippen LogP contribution in [0.3, 0.4) is 0 Å². The third-order valence-corrected chi connectivity index (χ3v) is 4.72. The highest BCUT2D eigenvalue weighted by molar-refractivity contribution is 5.01. The molecule has 1 aromatic heterocycles. The van der Waals surface area contributed by atoms with Gasteiger partial charge >= 0.3 is 0 Å². The molecular weight excluding hydrogens is 248 g/mol. The quantitative estimate of drug-likeness (QED) is 0.897. The molecule has 1 N–H and O–H groups in total. The second kappa shape index (κ2) is 6.72. The van der Waals surface area contributed by atoms with Gasteiger partial charge in [0.15, 0.2) is 0 Å². The summed E-state index contributed by atoms with van der Waals surface area (Å²) in [4.78, 5) is 2.55. The van der Waals surface area contributed by atoms with Crippen molar-refractivity contribution in [3.63, 3.8) is 0 Å². The van der Waals surface area contributed by atoms with E-state index in [1.807, 2.05) is 0 Å². The maximum absolute atomic E-state index is 4.81. The van der Waals surface area contributed by atoms with E-state index in [-0.39, 0.29) is 0 Å². The predicted molar refractivity (Wildman–Crippen MR) is 81.7 cm³/mol. The average Bonchev–Trinajstić information content (AvgIpc) is 3.10. The Labute approximate surface area is 122 Å². The van der Waals surface area contributed by atoms with Gasteiger partial charge in [-0.25, -0.2) is 0 Å². The number of aromatic nitrogens is 2. The monoisotopic (exact) mass is 276 g/mol. The second-order valence-corrected chi connectivity index (χ2v) is 6.40. The lowest BCUT2D eigenvalue weighted by Crippen LogP contribution is -2.50. The van der Waals surface area contributed by atoms with Crippen molar-refractivity contribution in [2.24, 2.45) is 0 Å². The molecule has 2 heterocycles. The smallest absolute Gasteiger partial charge is 0.0764 e. The maximum Gasteiger partial charge on any atom is 0.0764 e. The van der Waals surface area contributed by atoms with Crippen LogP contribution in [0.1, 0.15) is 57.2 Å². The van der Waals surface area contributed by atoms with Gasteiger partial charge in [-0.3, -0.25) is 9.58 Å². The molecule has 0 spiro atoms. The van der Waals surface area contributed by atoms with Gasteiger partial charge in [0, 0.05) is 38.4 Å². The van der Waals surface area contributed by atoms with Crippen LogP contribution in [0.2, 0.25) is 0 Å². The van der Waals surface area contributed by atoms with Crippen LogP contribution in [0.4, 0.5) is 0 Å². The molecule has 1 unspecified atom stereocenters. The van der Waals surface area contributed by atoms with Crippen LogP contribution >= 0.6 is 0 Å². The second-order valence-electron chi connectivity index (χ2n) is 6.40. The first-order valence-corrected chi connectivity index (χ1v) is 8.35. The summed E-state index contributed by atoms with van der Waals surface area (Å²) in [5.74, 6) is 0. The Morgan fingerprint density at radius 3 is 3.00 bits per heavy atom. The molecule has 1 aromatic rings. The molecule has 1 aliphatic heterocycles. The summed E-state index contributed by atoms with van der Waals surface area (Å²) in [6.07, 6.45) is 10.1. The number of hydrogen-bond acceptors (Lipinski definition) is 3. The molecule has 3 rings (SSSR count). The fourth-order valence-electron chi connectivity index (χ4n) is 3.64. The van der Waals surface area contributed by atoms with E-state index in [2.05, 4.69) is 34.1 Å². The number of nitrogens with one attached hydrogen (secondary N) is 1. The van der Waals surface area contributed by atoms with Crippen molar-refractivity contribution in [3.05, 3.63) is 18.0 Å². The minimum absolute atomic E-state index is 0.666. The molecule has 1 saturated heterocycles. The summed E-state index contributed by atoms with van der Waals surface area (Å²) < 4.78 is 2.22. The number of piperazine rings is 1. The summed E-state index contributed by atoms with van der Waals surface area (Å²) in [5, 5.41) is 8.43. The summed E-state index contributed by atoms with van der Waals surface area (Å²) >= 11 is 0. The predicted octanol–water partition coefficient (Wildman–Crippen LogP) is 2.57. The molecule has 20 heavy (non-hydrogen) atoms. The molecule has 0 amide bonds. The molecule has 4 heteroatoms. The SMILES string of the molecule is CCCC1CN(Cc2ccn(C3CCCC3)n2)CCN1. The third-order valence-electron chi connectivity index (χ3n) is 4.72. The van der Waals surface area contributed by atoms with Gasteiger partial charge in [0.1, 0.15) is 0 Å². The number of hydrogen-bond donors (Lipinski definition) is 1. The Morgan fingerprint density at radius 2 is 2.20 bits per heavy atom. The average molecular weight is 276 g/mol. The van der Waals surface area contributed by atoms with E-state index in [4.69, 9.17) is 5.10 Å². The largest absolute Gasteiger partial charge is 0.311 e. The fourth-order valence-corrected chi connectivity index (χ4v) is 3.64. The van der Waals surface area contributed by atoms with Crippen LogP contribution < -0.4 is 5.32 Å². The van der Waals surface area contributed by atoms with E-state index in [0.29, 0.717) is 12.1 Å². The minimum Gasteiger partial charge on any atom is -0.311 e. The molecule has 1 saturated carbocycles. The number of rotatable bonds is 5. The van der Waals surface area contributed by atoms with Crippen molar-refractivity contribution < 1.29 is 0 Å². The summed E-state index contributed by atoms with van der Waals surface area (Å²) in [5.41, 5.74) is 1.24. The Hall–Kier alpha value is -0.870. The zero-order chi connectivity index (χ0) is 13.8. The highest BCUT2D eigenvalue weighted by atomic mass is 15.3. The lowest BCUT2D eigenvalue weighted by atomic mass is 10.1. The van der Waals surface area contributed by atoms with Gasteiger partial charge in [0.05, 0.1) is 11.7 Å². The van der Waals surface area contributed by atoms with E-state index in [1.165, 1.54) is 50.8 Å². The number of nitrogens with zero attached hydrogens (tertiary/aromatic N) is 3. The topological polar surface area (TPSA) is 33.1 Å². The molecular formula is C16H28N4. The van der Waals surface area contributed by atoms with Crippen molar-refractivity contribution in [1.82, 2.24) is 20.0 Å². The Kier molecular flexibility index (Phi) is 4.73. The van der Waals surface area contributed by atoms with Crippen molar-refractivity contribution in [1.29, 1.82) is 0 Å². The van der Waals surface area contributed by atoms with Crippen molar-refractivity contribution in [2.75, 3.05) is 19.6 Å². The highest BCUT2D eigenvalue weighted by Crippen LogP contribution is 2.28. The van der Waals surface area contributed by atoms with Gasteiger partial charge in [-0.15, -0.1) is 0 Å². The van der Waals surface area contributed by atoms with Crippen molar-refractivity contribution >= 4 is 0 Å². The third kappa shape index (κ3) is 3.41. The zero-order valence-corrected chi connectivity index (χ0v) is 12.7. The molecule has 0 aromatic carbocycles. The first-order valence-electron chi connectivity index (χ1n) is 8.35. The molecule has 1 aliphatic carbocycles. The maximum atomic E-state index is 4.81. The van der Waals surface area contributed by atoms with E-state index >= 15 is 0 Å². The first kappa shape index (κ1) is 14.1. The Morgan fingerprint density at radius 1 is 1.35 bits per heavy atom. The Bertz CT molecular complexity index is 406. The first-order chi connectivity index (χ1) is 9.85. The Balaban J connectivity index is 1.54. The van der Waals surface area contributed by atoms with E-state index in [1.54, 1.807) is 0 Å². The van der Waals surface area contributed by atoms with Crippen LogP contribution in [-0.4, -0.2) is 40.4 Å². The van der Waals surface area contributed by atoms with Gasteiger partial charge in [-0.2, -0.15) is 5.10 Å². The van der Waals surface area contributed by atoms with Gasteiger partial charge in [0.25, 0.3) is 0 Å². The molecule has 4 nitrogen and oxygen atoms in total. The molecule has 112 valence electrons. The lowest BCUT2D eigenvalue weighted by Gasteiger charge is -2.33. The summed E-state index contributed by atoms with van der Waals surface area (Å²) in [6, 6.07) is 3.56. The zero-order valence-electron chi connectivity index (χ0n) is 12.7. The van der Waals surface area contributed by atoms with Crippen LogP contribution in [0, 0.1) is 0 Å². The normalized spacial score (nSPS) is 25.4. The van der Waals surface area contributed by atoms with Gasteiger partial charge in [-0.05, 0) is 25.3 Å². The van der Waals surface area contributed by atoms with Crippen molar-refractivity contribution in [3.8, 4) is 0 Å². The van der Waals surface area contributed by atoms with E-state index in [0.717, 1.165) is 19.6 Å². The highest BCUT2D eigenvalue weighted by Gasteiger charge is 2.21. The van der Waals surface area contributed by atoms with Crippen LogP contribution in [-0.2, 0) is 6.54 Å². The van der Waals surface area contributed by atoms with Gasteiger partial charge in [0.2, 0.25) is 0 Å². The fraction of sp³-hybridized carbons (Fsp3) is 0.812. The lowest BCUT2D eigenvalue weighted by molar-refractivity contribution is 0.184. The molecule has 2 aliphatic rings. The van der Waals surface area contributed by atoms with Crippen LogP contribution in [0.5, 0.6) is 0 Å². The van der Waals surface area contributed by atoms with E-state index in [9.17, 15) is 0 Å².